The Hall–Kier alpha value is -1.50. The lowest BCUT2D eigenvalue weighted by atomic mass is 9.92. The van der Waals surface area contributed by atoms with E-state index in [1.807, 2.05) is 0 Å². The van der Waals surface area contributed by atoms with Gasteiger partial charge in [-0.2, -0.15) is 0 Å². The Balaban J connectivity index is 1.75. The fraction of sp³-hybridized carbons (Fsp3) is 0.778. The van der Waals surface area contributed by atoms with Crippen LogP contribution in [-0.4, -0.2) is 38.2 Å². The molecule has 1 fully saturated rings. The molecule has 1 amide bonds. The minimum absolute atomic E-state index is 0.0484. The van der Waals surface area contributed by atoms with Crippen molar-refractivity contribution in [3.05, 3.63) is 6.33 Å². The van der Waals surface area contributed by atoms with E-state index in [9.17, 15) is 4.79 Å². The maximum atomic E-state index is 11.6. The van der Waals surface area contributed by atoms with Gasteiger partial charge in [-0.15, -0.1) is 5.10 Å². The van der Waals surface area contributed by atoms with Gasteiger partial charge in [-0.25, -0.2) is 4.68 Å². The third-order valence-electron chi connectivity index (χ3n) is 2.83. The second kappa shape index (κ2) is 5.02. The van der Waals surface area contributed by atoms with Gasteiger partial charge in [0.1, 0.15) is 12.9 Å². The number of nitrogens with one attached hydrogen (secondary N) is 1. The molecule has 0 aromatic carbocycles. The number of hydrogen-bond donors (Lipinski definition) is 2. The van der Waals surface area contributed by atoms with E-state index in [1.165, 1.54) is 11.0 Å². The molecule has 0 saturated heterocycles. The quantitative estimate of drug-likeness (QED) is 0.690. The molecule has 88 valence electrons. The van der Waals surface area contributed by atoms with Crippen molar-refractivity contribution in [1.82, 2.24) is 25.5 Å². The van der Waals surface area contributed by atoms with Crippen molar-refractivity contribution in [1.29, 1.82) is 0 Å². The lowest BCUT2D eigenvalue weighted by Gasteiger charge is -2.26. The van der Waals surface area contributed by atoms with Gasteiger partial charge in [0.25, 0.3) is 0 Å². The van der Waals surface area contributed by atoms with Gasteiger partial charge >= 0.3 is 0 Å². The Morgan fingerprint density at radius 3 is 2.81 bits per heavy atom. The summed E-state index contributed by atoms with van der Waals surface area (Å²) in [4.78, 5) is 11.6. The Morgan fingerprint density at radius 1 is 1.44 bits per heavy atom. The number of nitrogens with zero attached hydrogens (tertiary/aromatic N) is 4. The van der Waals surface area contributed by atoms with Crippen LogP contribution in [0.15, 0.2) is 6.33 Å². The third-order valence-corrected chi connectivity index (χ3v) is 2.83. The molecule has 1 aliphatic rings. The minimum atomic E-state index is -0.0484. The predicted octanol–water partition coefficient (Wildman–Crippen LogP) is -0.941. The summed E-state index contributed by atoms with van der Waals surface area (Å²) >= 11 is 0. The molecule has 7 heteroatoms. The minimum Gasteiger partial charge on any atom is -0.352 e. The van der Waals surface area contributed by atoms with E-state index in [1.54, 1.807) is 0 Å². The van der Waals surface area contributed by atoms with Crippen LogP contribution in [0.3, 0.4) is 0 Å². The van der Waals surface area contributed by atoms with Gasteiger partial charge in [0.05, 0.1) is 0 Å². The summed E-state index contributed by atoms with van der Waals surface area (Å²) in [6, 6.07) is 0.552. The van der Waals surface area contributed by atoms with Gasteiger partial charge in [-0.1, -0.05) is 0 Å². The monoisotopic (exact) mass is 224 g/mol. The summed E-state index contributed by atoms with van der Waals surface area (Å²) in [7, 11) is 0. The first-order valence-electron chi connectivity index (χ1n) is 5.50. The van der Waals surface area contributed by atoms with Crippen molar-refractivity contribution in [3.63, 3.8) is 0 Å². The first-order valence-corrected chi connectivity index (χ1v) is 5.50. The number of nitrogens with two attached hydrogens (primary N) is 1. The molecule has 0 spiro atoms. The summed E-state index contributed by atoms with van der Waals surface area (Å²) in [6.07, 6.45) is 5.31. The van der Waals surface area contributed by atoms with E-state index in [-0.39, 0.29) is 18.5 Å². The number of tetrazole rings is 1. The van der Waals surface area contributed by atoms with Crippen molar-refractivity contribution in [2.45, 2.75) is 44.3 Å². The fourth-order valence-corrected chi connectivity index (χ4v) is 1.94. The highest BCUT2D eigenvalue weighted by Gasteiger charge is 2.19. The lowest BCUT2D eigenvalue weighted by molar-refractivity contribution is -0.122. The van der Waals surface area contributed by atoms with E-state index in [2.05, 4.69) is 20.8 Å². The average Bonchev–Trinajstić information content (AvgIpc) is 2.74. The van der Waals surface area contributed by atoms with Crippen LogP contribution in [0.5, 0.6) is 0 Å². The molecule has 3 N–H and O–H groups in total. The maximum absolute atomic E-state index is 11.6. The summed E-state index contributed by atoms with van der Waals surface area (Å²) in [5, 5.41) is 13.5. The van der Waals surface area contributed by atoms with Crippen molar-refractivity contribution < 1.29 is 4.79 Å². The molecule has 1 aliphatic carbocycles. The first kappa shape index (κ1) is 11.0. The van der Waals surface area contributed by atoms with Gasteiger partial charge in [0.2, 0.25) is 5.91 Å². The largest absolute Gasteiger partial charge is 0.352 e. The third kappa shape index (κ3) is 2.99. The highest BCUT2D eigenvalue weighted by molar-refractivity contribution is 5.75. The molecule has 0 unspecified atom stereocenters. The summed E-state index contributed by atoms with van der Waals surface area (Å²) in [5.74, 6) is -0.0484. The molecule has 1 aromatic rings. The molecule has 1 saturated carbocycles. The maximum Gasteiger partial charge on any atom is 0.242 e. The standard InChI is InChI=1S/C9H16N6O/c10-7-1-3-8(4-2-7)12-9(16)5-15-6-11-13-14-15/h6-8H,1-5,10H2,(H,12,16). The van der Waals surface area contributed by atoms with Crippen LogP contribution in [0.4, 0.5) is 0 Å². The van der Waals surface area contributed by atoms with E-state index in [0.29, 0.717) is 6.04 Å². The Kier molecular flexibility index (Phi) is 3.45. The highest BCUT2D eigenvalue weighted by atomic mass is 16.2. The Morgan fingerprint density at radius 2 is 2.19 bits per heavy atom. The molecule has 0 radical (unpaired) electrons. The van der Waals surface area contributed by atoms with Gasteiger partial charge in [-0.3, -0.25) is 4.79 Å². The zero-order valence-corrected chi connectivity index (χ0v) is 9.04. The number of amides is 1. The van der Waals surface area contributed by atoms with Crippen molar-refractivity contribution in [3.8, 4) is 0 Å². The number of hydrogen-bond acceptors (Lipinski definition) is 5. The molecule has 1 heterocycles. The van der Waals surface area contributed by atoms with Crippen LogP contribution >= 0.6 is 0 Å². The first-order chi connectivity index (χ1) is 7.74. The summed E-state index contributed by atoms with van der Waals surface area (Å²) < 4.78 is 1.41. The van der Waals surface area contributed by atoms with Crippen LogP contribution < -0.4 is 11.1 Å². The molecular weight excluding hydrogens is 208 g/mol. The molecule has 0 aliphatic heterocycles. The topological polar surface area (TPSA) is 98.7 Å². The number of rotatable bonds is 3. The van der Waals surface area contributed by atoms with Crippen LogP contribution in [0.2, 0.25) is 0 Å². The van der Waals surface area contributed by atoms with E-state index >= 15 is 0 Å². The van der Waals surface area contributed by atoms with E-state index < -0.39 is 0 Å². The van der Waals surface area contributed by atoms with Gasteiger partial charge in [-0.05, 0) is 36.1 Å². The number of carbonyl (C=O) groups excluding carboxylic acids is 1. The van der Waals surface area contributed by atoms with Gasteiger partial charge < -0.3 is 11.1 Å². The van der Waals surface area contributed by atoms with Gasteiger partial charge in [0, 0.05) is 12.1 Å². The van der Waals surface area contributed by atoms with Crippen molar-refractivity contribution in [2.24, 2.45) is 5.73 Å². The van der Waals surface area contributed by atoms with Crippen LogP contribution in [0.1, 0.15) is 25.7 Å². The fourth-order valence-electron chi connectivity index (χ4n) is 1.94. The molecular formula is C9H16N6O. The Bertz CT molecular complexity index is 330. The molecule has 7 nitrogen and oxygen atoms in total. The second-order valence-electron chi connectivity index (χ2n) is 4.19. The van der Waals surface area contributed by atoms with Crippen LogP contribution in [-0.2, 0) is 11.3 Å². The van der Waals surface area contributed by atoms with Crippen molar-refractivity contribution in [2.75, 3.05) is 0 Å². The van der Waals surface area contributed by atoms with Gasteiger partial charge in [0.15, 0.2) is 0 Å². The van der Waals surface area contributed by atoms with Crippen LogP contribution in [0, 0.1) is 0 Å². The molecule has 0 bridgehead atoms. The highest BCUT2D eigenvalue weighted by Crippen LogP contribution is 2.16. The number of carbonyl (C=O) groups is 1. The molecule has 0 atom stereocenters. The lowest BCUT2D eigenvalue weighted by Crippen LogP contribution is -2.41. The SMILES string of the molecule is NC1CCC(NC(=O)Cn2cnnn2)CC1. The smallest absolute Gasteiger partial charge is 0.242 e. The zero-order valence-electron chi connectivity index (χ0n) is 9.04. The molecule has 16 heavy (non-hydrogen) atoms. The zero-order chi connectivity index (χ0) is 11.4. The second-order valence-corrected chi connectivity index (χ2v) is 4.19. The normalized spacial score (nSPS) is 25.3. The summed E-state index contributed by atoms with van der Waals surface area (Å²) in [6.45, 7) is 0.176. The van der Waals surface area contributed by atoms with E-state index in [0.717, 1.165) is 25.7 Å². The molecule has 2 rings (SSSR count). The number of aromatic nitrogens is 4. The molecule has 1 aromatic heterocycles. The van der Waals surface area contributed by atoms with Crippen LogP contribution in [0.25, 0.3) is 0 Å². The summed E-state index contributed by atoms with van der Waals surface area (Å²) in [5.41, 5.74) is 5.79. The Labute approximate surface area is 93.4 Å². The predicted molar refractivity (Wildman–Crippen MR) is 56.2 cm³/mol. The van der Waals surface area contributed by atoms with E-state index in [4.69, 9.17) is 5.73 Å². The van der Waals surface area contributed by atoms with Crippen molar-refractivity contribution >= 4 is 5.91 Å². The average molecular weight is 224 g/mol.